The van der Waals surface area contributed by atoms with Crippen LogP contribution in [0.3, 0.4) is 0 Å². The summed E-state index contributed by atoms with van der Waals surface area (Å²) in [5.74, 6) is 0.508. The number of halogens is 2. The van der Waals surface area contributed by atoms with Crippen molar-refractivity contribution in [3.05, 3.63) is 56.3 Å². The minimum Gasteiger partial charge on any atom is -0.382 e. The van der Waals surface area contributed by atoms with Gasteiger partial charge < -0.3 is 20.2 Å². The molecule has 0 fully saturated rings. The molecule has 1 aliphatic heterocycles. The molecule has 0 atom stereocenters. The minimum atomic E-state index is -0.211. The predicted octanol–water partition coefficient (Wildman–Crippen LogP) is 4.24. The van der Waals surface area contributed by atoms with Crippen molar-refractivity contribution in [2.75, 3.05) is 25.5 Å². The Bertz CT molecular complexity index is 1290. The number of H-pyrrole nitrogens is 2. The van der Waals surface area contributed by atoms with Crippen LogP contribution in [0.15, 0.2) is 35.1 Å². The van der Waals surface area contributed by atoms with Crippen LogP contribution in [0, 0.1) is 0 Å². The molecular weight excluding hydrogens is 397 g/mol. The Morgan fingerprint density at radius 3 is 2.79 bits per heavy atom. The summed E-state index contributed by atoms with van der Waals surface area (Å²) < 4.78 is 0. The van der Waals surface area contributed by atoms with E-state index in [1.807, 2.05) is 31.3 Å². The molecule has 142 valence electrons. The van der Waals surface area contributed by atoms with Crippen LogP contribution in [0.5, 0.6) is 0 Å². The van der Waals surface area contributed by atoms with Gasteiger partial charge in [-0.1, -0.05) is 23.2 Å². The van der Waals surface area contributed by atoms with Gasteiger partial charge in [-0.15, -0.1) is 0 Å². The average Bonchev–Trinajstić information content (AvgIpc) is 3.07. The molecule has 4 aromatic rings. The van der Waals surface area contributed by atoms with Crippen molar-refractivity contribution in [3.63, 3.8) is 0 Å². The number of nitrogens with one attached hydrogen (secondary N) is 3. The van der Waals surface area contributed by atoms with Crippen LogP contribution in [-0.2, 0) is 6.54 Å². The molecule has 1 aliphatic rings. The van der Waals surface area contributed by atoms with Gasteiger partial charge in [0.05, 0.1) is 22.2 Å². The van der Waals surface area contributed by atoms with Gasteiger partial charge >= 0.3 is 0 Å². The number of aromatic amines is 2. The zero-order valence-corrected chi connectivity index (χ0v) is 16.6. The largest absolute Gasteiger partial charge is 0.382 e. The number of benzene rings is 2. The minimum absolute atomic E-state index is 0.211. The number of rotatable bonds is 0. The summed E-state index contributed by atoms with van der Waals surface area (Å²) in [4.78, 5) is 26.2. The van der Waals surface area contributed by atoms with Crippen LogP contribution < -0.4 is 10.9 Å². The first-order valence-corrected chi connectivity index (χ1v) is 9.72. The first-order chi connectivity index (χ1) is 13.5. The number of nitrogens with zero attached hydrogens (tertiary/aromatic N) is 2. The molecule has 6 nitrogen and oxygen atoms in total. The molecule has 2 bridgehead atoms. The van der Waals surface area contributed by atoms with E-state index in [0.29, 0.717) is 34.5 Å². The fourth-order valence-electron chi connectivity index (χ4n) is 3.77. The Kier molecular flexibility index (Phi) is 4.08. The van der Waals surface area contributed by atoms with E-state index in [9.17, 15) is 4.79 Å². The molecule has 2 aromatic carbocycles. The lowest BCUT2D eigenvalue weighted by Crippen LogP contribution is -2.25. The Morgan fingerprint density at radius 2 is 1.93 bits per heavy atom. The monoisotopic (exact) mass is 413 g/mol. The van der Waals surface area contributed by atoms with E-state index in [0.717, 1.165) is 39.7 Å². The van der Waals surface area contributed by atoms with Crippen LogP contribution >= 0.6 is 23.2 Å². The second-order valence-corrected chi connectivity index (χ2v) is 7.91. The zero-order valence-electron chi connectivity index (χ0n) is 15.1. The number of imidazole rings is 1. The molecule has 2 aromatic heterocycles. The summed E-state index contributed by atoms with van der Waals surface area (Å²) >= 11 is 12.7. The van der Waals surface area contributed by atoms with Crippen LogP contribution in [-0.4, -0.2) is 40.0 Å². The summed E-state index contributed by atoms with van der Waals surface area (Å²) in [7, 11) is 2.04. The van der Waals surface area contributed by atoms with Gasteiger partial charge in [-0.3, -0.25) is 4.79 Å². The molecule has 0 saturated carbocycles. The fourth-order valence-corrected chi connectivity index (χ4v) is 4.16. The fraction of sp³-hybridized carbons (Fsp3) is 0.200. The topological polar surface area (TPSA) is 76.8 Å². The maximum atomic E-state index is 13.0. The maximum absolute atomic E-state index is 13.0. The number of hydrogen-bond acceptors (Lipinski definition) is 4. The van der Waals surface area contributed by atoms with Gasteiger partial charge in [-0.2, -0.15) is 0 Å². The Hall–Kier alpha value is -2.54. The van der Waals surface area contributed by atoms with E-state index in [1.165, 1.54) is 0 Å². The standard InChI is InChI=1S/C20H17Cl2N5O/c1-27-7-6-23-18-11-8-10(21)2-4-14(11)25-20(28)16(18)19-24-15-5-3-13(22)12(9-27)17(15)26-19/h2-5,8,23H,6-7,9H2,1H3,(H,24,26)(H,25,28). The van der Waals surface area contributed by atoms with Crippen molar-refractivity contribution < 1.29 is 0 Å². The zero-order chi connectivity index (χ0) is 19.4. The number of anilines is 1. The van der Waals surface area contributed by atoms with E-state index in [2.05, 4.69) is 20.2 Å². The van der Waals surface area contributed by atoms with Crippen molar-refractivity contribution >= 4 is 50.8 Å². The van der Waals surface area contributed by atoms with Gasteiger partial charge in [-0.05, 0) is 37.4 Å². The molecule has 0 radical (unpaired) electrons. The summed E-state index contributed by atoms with van der Waals surface area (Å²) in [6.07, 6.45) is 0. The summed E-state index contributed by atoms with van der Waals surface area (Å²) in [6, 6.07) is 9.19. The Balaban J connectivity index is 1.88. The number of fused-ring (bicyclic) bond motifs is 5. The lowest BCUT2D eigenvalue weighted by Gasteiger charge is -2.19. The summed E-state index contributed by atoms with van der Waals surface area (Å²) in [5, 5.41) is 5.56. The predicted molar refractivity (Wildman–Crippen MR) is 115 cm³/mol. The SMILES string of the molecule is CN1CCNc2c(c(=O)[nH]c3ccc(Cl)cc23)-c2nc3c(c(Cl)ccc3[nH]2)C1. The first kappa shape index (κ1) is 17.6. The third kappa shape index (κ3) is 2.76. The maximum Gasteiger partial charge on any atom is 0.261 e. The summed E-state index contributed by atoms with van der Waals surface area (Å²) in [5.41, 5.74) is 4.29. The van der Waals surface area contributed by atoms with E-state index < -0.39 is 0 Å². The van der Waals surface area contributed by atoms with E-state index in [1.54, 1.807) is 6.07 Å². The van der Waals surface area contributed by atoms with E-state index >= 15 is 0 Å². The lowest BCUT2D eigenvalue weighted by atomic mass is 10.1. The molecule has 0 amide bonds. The molecule has 28 heavy (non-hydrogen) atoms. The van der Waals surface area contributed by atoms with Gasteiger partial charge in [0, 0.05) is 40.6 Å². The van der Waals surface area contributed by atoms with E-state index in [-0.39, 0.29) is 5.56 Å². The van der Waals surface area contributed by atoms with Gasteiger partial charge in [0.15, 0.2) is 0 Å². The highest BCUT2D eigenvalue weighted by Crippen LogP contribution is 2.34. The first-order valence-electron chi connectivity index (χ1n) is 8.96. The second-order valence-electron chi connectivity index (χ2n) is 7.07. The molecule has 3 heterocycles. The molecule has 8 heteroatoms. The van der Waals surface area contributed by atoms with Crippen molar-refractivity contribution in [2.45, 2.75) is 6.54 Å². The van der Waals surface area contributed by atoms with Crippen molar-refractivity contribution in [1.29, 1.82) is 0 Å². The van der Waals surface area contributed by atoms with Crippen molar-refractivity contribution in [3.8, 4) is 11.4 Å². The molecule has 3 N–H and O–H groups in total. The highest BCUT2D eigenvalue weighted by molar-refractivity contribution is 6.32. The van der Waals surface area contributed by atoms with Gasteiger partial charge in [0.25, 0.3) is 5.56 Å². The number of aromatic nitrogens is 3. The quantitative estimate of drug-likeness (QED) is 0.403. The number of hydrogen-bond donors (Lipinski definition) is 3. The third-order valence-electron chi connectivity index (χ3n) is 5.14. The van der Waals surface area contributed by atoms with Crippen molar-refractivity contribution in [2.24, 2.45) is 0 Å². The molecule has 0 aliphatic carbocycles. The number of pyridine rings is 1. The van der Waals surface area contributed by atoms with Gasteiger partial charge in [-0.25, -0.2) is 4.98 Å². The smallest absolute Gasteiger partial charge is 0.261 e. The van der Waals surface area contributed by atoms with Crippen LogP contribution in [0.2, 0.25) is 10.0 Å². The molecule has 0 unspecified atom stereocenters. The summed E-state index contributed by atoms with van der Waals surface area (Å²) in [6.45, 7) is 2.10. The van der Waals surface area contributed by atoms with Crippen LogP contribution in [0.4, 0.5) is 5.69 Å². The van der Waals surface area contributed by atoms with Gasteiger partial charge in [0.2, 0.25) is 0 Å². The van der Waals surface area contributed by atoms with Crippen LogP contribution in [0.25, 0.3) is 33.3 Å². The second kappa shape index (κ2) is 6.51. The molecule has 5 rings (SSSR count). The molecule has 0 saturated heterocycles. The van der Waals surface area contributed by atoms with E-state index in [4.69, 9.17) is 28.2 Å². The Labute approximate surface area is 170 Å². The highest BCUT2D eigenvalue weighted by atomic mass is 35.5. The number of likely N-dealkylation sites (N-methyl/N-ethyl adjacent to an activating group) is 1. The third-order valence-corrected chi connectivity index (χ3v) is 5.73. The highest BCUT2D eigenvalue weighted by Gasteiger charge is 2.21. The van der Waals surface area contributed by atoms with Crippen LogP contribution in [0.1, 0.15) is 5.56 Å². The Morgan fingerprint density at radius 1 is 1.11 bits per heavy atom. The molecular formula is C20H17Cl2N5O. The molecule has 0 spiro atoms. The normalized spacial score (nSPS) is 14.8. The van der Waals surface area contributed by atoms with Crippen molar-refractivity contribution in [1.82, 2.24) is 19.9 Å². The average molecular weight is 414 g/mol. The van der Waals surface area contributed by atoms with Gasteiger partial charge in [0.1, 0.15) is 11.4 Å². The lowest BCUT2D eigenvalue weighted by molar-refractivity contribution is 0.341.